The van der Waals surface area contributed by atoms with E-state index in [2.05, 4.69) is 53.8 Å². The zero-order valence-corrected chi connectivity index (χ0v) is 14.1. The van der Waals surface area contributed by atoms with Gasteiger partial charge in [0.05, 0.1) is 0 Å². The molecular weight excluding hydrogens is 274 g/mol. The van der Waals surface area contributed by atoms with Crippen molar-refractivity contribution in [3.8, 4) is 11.4 Å². The van der Waals surface area contributed by atoms with Gasteiger partial charge in [0.25, 0.3) is 0 Å². The van der Waals surface area contributed by atoms with Crippen LogP contribution >= 0.6 is 0 Å². The molecule has 0 radical (unpaired) electrons. The number of aryl methyl sites for hydroxylation is 1. The van der Waals surface area contributed by atoms with Gasteiger partial charge in [0.1, 0.15) is 5.82 Å². The summed E-state index contributed by atoms with van der Waals surface area (Å²) in [4.78, 5) is 18.0. The average Bonchev–Trinajstić information content (AvgIpc) is 2.47. The topological polar surface area (TPSA) is 45.2 Å². The Hall–Kier alpha value is -2.01. The highest BCUT2D eigenvalue weighted by Gasteiger charge is 2.15. The Morgan fingerprint density at radius 2 is 1.91 bits per heavy atom. The first-order valence-electron chi connectivity index (χ1n) is 7.65. The molecule has 0 saturated heterocycles. The van der Waals surface area contributed by atoms with Gasteiger partial charge in [-0.05, 0) is 47.0 Å². The molecule has 22 heavy (non-hydrogen) atoms. The molecule has 2 rings (SSSR count). The van der Waals surface area contributed by atoms with Crippen LogP contribution in [0.3, 0.4) is 0 Å². The van der Waals surface area contributed by atoms with Crippen LogP contribution in [-0.2, 0) is 0 Å². The lowest BCUT2D eigenvalue weighted by molar-refractivity contribution is 0.407. The van der Waals surface area contributed by atoms with Crippen LogP contribution in [0, 0.1) is 6.92 Å². The molecule has 0 aromatic carbocycles. The molecule has 0 atom stereocenters. The third kappa shape index (κ3) is 4.24. The van der Waals surface area contributed by atoms with E-state index >= 15 is 0 Å². The number of hydrogen-bond donors (Lipinski definition) is 0. The van der Waals surface area contributed by atoms with E-state index in [9.17, 15) is 0 Å². The SMILES string of the molecule is Cc1cc(N(CCN(C)C)C(C)C)nc(-c2cccnc2)n1. The van der Waals surface area contributed by atoms with E-state index in [-0.39, 0.29) is 0 Å². The van der Waals surface area contributed by atoms with E-state index in [0.717, 1.165) is 36.0 Å². The monoisotopic (exact) mass is 299 g/mol. The fraction of sp³-hybridized carbons (Fsp3) is 0.471. The molecule has 0 saturated carbocycles. The largest absolute Gasteiger partial charge is 0.353 e. The fourth-order valence-corrected chi connectivity index (χ4v) is 2.27. The molecule has 2 heterocycles. The van der Waals surface area contributed by atoms with Crippen molar-refractivity contribution in [3.05, 3.63) is 36.3 Å². The van der Waals surface area contributed by atoms with Crippen LogP contribution in [0.25, 0.3) is 11.4 Å². The van der Waals surface area contributed by atoms with Gasteiger partial charge in [-0.3, -0.25) is 4.98 Å². The van der Waals surface area contributed by atoms with Gasteiger partial charge in [-0.2, -0.15) is 0 Å². The highest BCUT2D eigenvalue weighted by Crippen LogP contribution is 2.20. The molecule has 0 spiro atoms. The summed E-state index contributed by atoms with van der Waals surface area (Å²) < 4.78 is 0. The molecule has 0 N–H and O–H groups in total. The normalized spacial score (nSPS) is 11.2. The molecular formula is C17H25N5. The minimum Gasteiger partial charge on any atom is -0.353 e. The molecule has 0 unspecified atom stereocenters. The fourth-order valence-electron chi connectivity index (χ4n) is 2.27. The van der Waals surface area contributed by atoms with E-state index in [0.29, 0.717) is 6.04 Å². The van der Waals surface area contributed by atoms with Gasteiger partial charge in [-0.1, -0.05) is 0 Å². The molecule has 5 heteroatoms. The van der Waals surface area contributed by atoms with Gasteiger partial charge < -0.3 is 9.80 Å². The summed E-state index contributed by atoms with van der Waals surface area (Å²) in [5.41, 5.74) is 1.92. The van der Waals surface area contributed by atoms with Crippen LogP contribution < -0.4 is 4.90 Å². The van der Waals surface area contributed by atoms with E-state index in [1.807, 2.05) is 19.1 Å². The second kappa shape index (κ2) is 7.31. The molecule has 0 aliphatic carbocycles. The standard InChI is InChI=1S/C17H25N5/c1-13(2)22(10-9-21(4)5)16-11-14(3)19-17(20-16)15-7-6-8-18-12-15/h6-8,11-13H,9-10H2,1-5H3. The molecule has 0 aliphatic heterocycles. The third-order valence-electron chi connectivity index (χ3n) is 3.47. The van der Waals surface area contributed by atoms with Crippen LogP contribution in [0.1, 0.15) is 19.5 Å². The summed E-state index contributed by atoms with van der Waals surface area (Å²) in [5.74, 6) is 1.71. The Morgan fingerprint density at radius 1 is 1.14 bits per heavy atom. The second-order valence-electron chi connectivity index (χ2n) is 6.02. The van der Waals surface area contributed by atoms with E-state index in [4.69, 9.17) is 4.98 Å². The van der Waals surface area contributed by atoms with Gasteiger partial charge >= 0.3 is 0 Å². The van der Waals surface area contributed by atoms with Crippen molar-refractivity contribution in [3.63, 3.8) is 0 Å². The maximum absolute atomic E-state index is 4.76. The van der Waals surface area contributed by atoms with Crippen molar-refractivity contribution in [1.82, 2.24) is 19.9 Å². The quantitative estimate of drug-likeness (QED) is 0.820. The molecule has 0 fully saturated rings. The number of aromatic nitrogens is 3. The van der Waals surface area contributed by atoms with Crippen molar-refractivity contribution >= 4 is 5.82 Å². The predicted molar refractivity (Wildman–Crippen MR) is 91.0 cm³/mol. The zero-order valence-electron chi connectivity index (χ0n) is 14.1. The Balaban J connectivity index is 2.35. The highest BCUT2D eigenvalue weighted by atomic mass is 15.2. The smallest absolute Gasteiger partial charge is 0.163 e. The lowest BCUT2D eigenvalue weighted by Crippen LogP contribution is -2.37. The maximum Gasteiger partial charge on any atom is 0.163 e. The van der Waals surface area contributed by atoms with Crippen molar-refractivity contribution in [2.75, 3.05) is 32.1 Å². The van der Waals surface area contributed by atoms with Gasteiger partial charge in [-0.25, -0.2) is 9.97 Å². The van der Waals surface area contributed by atoms with E-state index < -0.39 is 0 Å². The highest BCUT2D eigenvalue weighted by molar-refractivity contribution is 5.56. The number of anilines is 1. The minimum absolute atomic E-state index is 0.385. The van der Waals surface area contributed by atoms with Crippen molar-refractivity contribution in [2.45, 2.75) is 26.8 Å². The van der Waals surface area contributed by atoms with Gasteiger partial charge in [0.15, 0.2) is 5.82 Å². The molecule has 0 amide bonds. The second-order valence-corrected chi connectivity index (χ2v) is 6.02. The molecule has 5 nitrogen and oxygen atoms in total. The van der Waals surface area contributed by atoms with Crippen LogP contribution in [0.2, 0.25) is 0 Å². The van der Waals surface area contributed by atoms with Crippen molar-refractivity contribution < 1.29 is 0 Å². The zero-order chi connectivity index (χ0) is 16.1. The van der Waals surface area contributed by atoms with Gasteiger partial charge in [-0.15, -0.1) is 0 Å². The lowest BCUT2D eigenvalue weighted by atomic mass is 10.2. The summed E-state index contributed by atoms with van der Waals surface area (Å²) in [6, 6.07) is 6.34. The number of pyridine rings is 1. The van der Waals surface area contributed by atoms with Crippen molar-refractivity contribution in [2.24, 2.45) is 0 Å². The summed E-state index contributed by atoms with van der Waals surface area (Å²) in [6.07, 6.45) is 3.57. The molecule has 2 aromatic heterocycles. The molecule has 0 bridgehead atoms. The minimum atomic E-state index is 0.385. The first-order valence-corrected chi connectivity index (χ1v) is 7.65. The molecule has 0 aliphatic rings. The lowest BCUT2D eigenvalue weighted by Gasteiger charge is -2.29. The van der Waals surface area contributed by atoms with Gasteiger partial charge in [0.2, 0.25) is 0 Å². The van der Waals surface area contributed by atoms with Crippen molar-refractivity contribution in [1.29, 1.82) is 0 Å². The molecule has 2 aromatic rings. The average molecular weight is 299 g/mol. The Bertz CT molecular complexity index is 595. The van der Waals surface area contributed by atoms with Gasteiger partial charge in [0, 0.05) is 48.8 Å². The Kier molecular flexibility index (Phi) is 5.44. The van der Waals surface area contributed by atoms with Crippen LogP contribution in [0.4, 0.5) is 5.82 Å². The Morgan fingerprint density at radius 3 is 2.50 bits per heavy atom. The third-order valence-corrected chi connectivity index (χ3v) is 3.47. The number of nitrogens with zero attached hydrogens (tertiary/aromatic N) is 5. The first kappa shape index (κ1) is 16.4. The van der Waals surface area contributed by atoms with E-state index in [1.165, 1.54) is 0 Å². The maximum atomic E-state index is 4.76. The van der Waals surface area contributed by atoms with Crippen LogP contribution in [0.5, 0.6) is 0 Å². The number of hydrogen-bond acceptors (Lipinski definition) is 5. The predicted octanol–water partition coefficient (Wildman–Crippen LogP) is 2.62. The summed E-state index contributed by atoms with van der Waals surface area (Å²) in [5, 5.41) is 0. The summed E-state index contributed by atoms with van der Waals surface area (Å²) in [7, 11) is 4.18. The van der Waals surface area contributed by atoms with Crippen LogP contribution in [-0.4, -0.2) is 53.1 Å². The summed E-state index contributed by atoms with van der Waals surface area (Å²) in [6.45, 7) is 8.32. The molecule has 118 valence electrons. The number of likely N-dealkylation sites (N-methyl/N-ethyl adjacent to an activating group) is 1. The first-order chi connectivity index (χ1) is 10.5. The van der Waals surface area contributed by atoms with E-state index in [1.54, 1.807) is 12.4 Å². The Labute approximate surface area is 133 Å². The summed E-state index contributed by atoms with van der Waals surface area (Å²) >= 11 is 0. The van der Waals surface area contributed by atoms with Crippen LogP contribution in [0.15, 0.2) is 30.6 Å². The number of rotatable bonds is 6.